The van der Waals surface area contributed by atoms with Crippen LogP contribution in [-0.2, 0) is 0 Å². The molecule has 0 aliphatic heterocycles. The molecule has 0 spiro atoms. The van der Waals surface area contributed by atoms with E-state index in [9.17, 15) is 10.5 Å². The molecule has 0 heterocycles. The van der Waals surface area contributed by atoms with Crippen LogP contribution >= 0.6 is 0 Å². The standard InChI is InChI=1S/C22H24N2Se2/c23-15-11-19(13-17-25-21-7-3-1-4-8-21)20(12-16-24)14-18-26-22-9-5-2-6-10-22/h1-10,19-20H,11-14,17-18H2/t19-,20-/m0/s1. The Morgan fingerprint density at radius 2 is 1.04 bits per heavy atom. The van der Waals surface area contributed by atoms with Crippen molar-refractivity contribution < 1.29 is 0 Å². The summed E-state index contributed by atoms with van der Waals surface area (Å²) in [7, 11) is 0. The Morgan fingerprint density at radius 3 is 1.38 bits per heavy atom. The van der Waals surface area contributed by atoms with Gasteiger partial charge in [-0.2, -0.15) is 0 Å². The molecule has 0 saturated heterocycles. The molecule has 0 fully saturated rings. The maximum absolute atomic E-state index is 9.25. The molecule has 0 N–H and O–H groups in total. The van der Waals surface area contributed by atoms with E-state index in [4.69, 9.17) is 0 Å². The molecule has 0 radical (unpaired) electrons. The Morgan fingerprint density at radius 1 is 0.654 bits per heavy atom. The predicted octanol–water partition coefficient (Wildman–Crippen LogP) is 3.72. The van der Waals surface area contributed by atoms with E-state index < -0.39 is 0 Å². The van der Waals surface area contributed by atoms with E-state index in [0.717, 1.165) is 23.5 Å². The van der Waals surface area contributed by atoms with Gasteiger partial charge in [0.2, 0.25) is 0 Å². The van der Waals surface area contributed by atoms with Crippen molar-refractivity contribution in [2.24, 2.45) is 11.8 Å². The molecule has 0 amide bonds. The van der Waals surface area contributed by atoms with Gasteiger partial charge in [0.25, 0.3) is 0 Å². The molecule has 2 nitrogen and oxygen atoms in total. The first-order valence-electron chi connectivity index (χ1n) is 8.93. The maximum atomic E-state index is 9.25. The van der Waals surface area contributed by atoms with E-state index in [0.29, 0.717) is 54.6 Å². The molecular formula is C22H24N2Se2. The number of rotatable bonds is 11. The number of hydrogen-bond acceptors (Lipinski definition) is 2. The Labute approximate surface area is 169 Å². The van der Waals surface area contributed by atoms with Crippen molar-refractivity contribution in [1.29, 1.82) is 10.5 Å². The molecule has 0 unspecified atom stereocenters. The van der Waals surface area contributed by atoms with Gasteiger partial charge in [-0.3, -0.25) is 0 Å². The molecule has 134 valence electrons. The topological polar surface area (TPSA) is 47.6 Å². The first-order valence-corrected chi connectivity index (χ1v) is 13.1. The van der Waals surface area contributed by atoms with Crippen LogP contribution in [0.2, 0.25) is 10.6 Å². The van der Waals surface area contributed by atoms with Gasteiger partial charge in [0.05, 0.1) is 0 Å². The van der Waals surface area contributed by atoms with Crippen LogP contribution in [0, 0.1) is 34.5 Å². The molecule has 4 heteroatoms. The first kappa shape index (κ1) is 20.8. The zero-order valence-electron chi connectivity index (χ0n) is 14.9. The monoisotopic (exact) mass is 476 g/mol. The van der Waals surface area contributed by atoms with Crippen LogP contribution in [0.4, 0.5) is 0 Å². The van der Waals surface area contributed by atoms with Gasteiger partial charge in [0, 0.05) is 0 Å². The Kier molecular flexibility index (Phi) is 10.2. The van der Waals surface area contributed by atoms with Gasteiger partial charge in [-0.25, -0.2) is 0 Å². The fourth-order valence-corrected chi connectivity index (χ4v) is 7.15. The summed E-state index contributed by atoms with van der Waals surface area (Å²) >= 11 is 0.917. The van der Waals surface area contributed by atoms with Crippen LogP contribution in [0.3, 0.4) is 0 Å². The molecule has 0 aromatic heterocycles. The van der Waals surface area contributed by atoms with Crippen LogP contribution in [0.15, 0.2) is 60.7 Å². The minimum absolute atomic E-state index is 0.358. The second-order valence-corrected chi connectivity index (χ2v) is 11.0. The molecule has 26 heavy (non-hydrogen) atoms. The number of nitrogens with zero attached hydrogens (tertiary/aromatic N) is 2. The van der Waals surface area contributed by atoms with Crippen molar-refractivity contribution >= 4 is 38.8 Å². The summed E-state index contributed by atoms with van der Waals surface area (Å²) < 4.78 is 2.83. The van der Waals surface area contributed by atoms with Crippen molar-refractivity contribution in [3.63, 3.8) is 0 Å². The minimum atomic E-state index is 0.358. The van der Waals surface area contributed by atoms with Gasteiger partial charge in [-0.05, 0) is 0 Å². The normalized spacial score (nSPS) is 12.7. The molecule has 2 aromatic rings. The van der Waals surface area contributed by atoms with Gasteiger partial charge in [0.15, 0.2) is 0 Å². The van der Waals surface area contributed by atoms with Gasteiger partial charge in [0.1, 0.15) is 0 Å². The van der Waals surface area contributed by atoms with Crippen LogP contribution in [-0.4, -0.2) is 29.9 Å². The van der Waals surface area contributed by atoms with Gasteiger partial charge in [-0.1, -0.05) is 0 Å². The first-order chi connectivity index (χ1) is 12.8. The van der Waals surface area contributed by atoms with Crippen molar-refractivity contribution in [2.45, 2.75) is 36.3 Å². The molecule has 2 rings (SSSR count). The molecule has 0 bridgehead atoms. The fourth-order valence-electron chi connectivity index (χ4n) is 2.93. The van der Waals surface area contributed by atoms with Crippen LogP contribution in [0.25, 0.3) is 0 Å². The van der Waals surface area contributed by atoms with Crippen LogP contribution < -0.4 is 8.92 Å². The summed E-state index contributed by atoms with van der Waals surface area (Å²) in [4.78, 5) is 0. The molecular weight excluding hydrogens is 450 g/mol. The number of hydrogen-bond donors (Lipinski definition) is 0. The molecule has 0 aliphatic carbocycles. The summed E-state index contributed by atoms with van der Waals surface area (Å²) in [5, 5.41) is 20.8. The van der Waals surface area contributed by atoms with E-state index in [1.807, 2.05) is 0 Å². The Balaban J connectivity index is 1.85. The van der Waals surface area contributed by atoms with E-state index in [2.05, 4.69) is 72.8 Å². The number of nitriles is 2. The summed E-state index contributed by atoms with van der Waals surface area (Å²) in [6, 6.07) is 26.0. The fraction of sp³-hybridized carbons (Fsp3) is 0.364. The van der Waals surface area contributed by atoms with Gasteiger partial charge in [-0.15, -0.1) is 0 Å². The molecule has 0 aliphatic rings. The second-order valence-electron chi connectivity index (χ2n) is 6.15. The average Bonchev–Trinajstić information content (AvgIpc) is 2.68. The molecule has 2 atom stereocenters. The van der Waals surface area contributed by atoms with Crippen molar-refractivity contribution in [3.05, 3.63) is 60.7 Å². The SMILES string of the molecule is N#CC[C@@H](CC[Se]c1ccccc1)[C@@H](CC#N)CC[Se]c1ccccc1. The van der Waals surface area contributed by atoms with E-state index in [1.54, 1.807) is 0 Å². The van der Waals surface area contributed by atoms with Gasteiger partial charge >= 0.3 is 170 Å². The number of benzene rings is 2. The second kappa shape index (κ2) is 12.8. The van der Waals surface area contributed by atoms with E-state index >= 15 is 0 Å². The third kappa shape index (κ3) is 7.78. The van der Waals surface area contributed by atoms with Crippen LogP contribution in [0.5, 0.6) is 0 Å². The van der Waals surface area contributed by atoms with E-state index in [1.165, 1.54) is 8.92 Å². The Bertz CT molecular complexity index is 641. The summed E-state index contributed by atoms with van der Waals surface area (Å²) in [5.41, 5.74) is 0. The summed E-state index contributed by atoms with van der Waals surface area (Å²) in [5.74, 6) is 0.716. The van der Waals surface area contributed by atoms with Crippen LogP contribution in [0.1, 0.15) is 25.7 Å². The third-order valence-corrected chi connectivity index (χ3v) is 8.76. The van der Waals surface area contributed by atoms with Crippen molar-refractivity contribution in [2.75, 3.05) is 0 Å². The predicted molar refractivity (Wildman–Crippen MR) is 110 cm³/mol. The molecule has 2 aromatic carbocycles. The quantitative estimate of drug-likeness (QED) is 0.467. The zero-order chi connectivity index (χ0) is 18.5. The van der Waals surface area contributed by atoms with Crippen molar-refractivity contribution in [3.8, 4) is 12.1 Å². The van der Waals surface area contributed by atoms with Crippen molar-refractivity contribution in [1.82, 2.24) is 0 Å². The molecule has 0 saturated carbocycles. The van der Waals surface area contributed by atoms with E-state index in [-0.39, 0.29) is 0 Å². The summed E-state index contributed by atoms with van der Waals surface area (Å²) in [6.45, 7) is 0. The third-order valence-electron chi connectivity index (χ3n) is 4.37. The van der Waals surface area contributed by atoms with Gasteiger partial charge < -0.3 is 0 Å². The average molecular weight is 474 g/mol. The Hall–Kier alpha value is -1.54. The summed E-state index contributed by atoms with van der Waals surface area (Å²) in [6.07, 6.45) is 3.28. The zero-order valence-corrected chi connectivity index (χ0v) is 18.3.